The molecular formula is C47H30O2. The molecule has 0 unspecified atom stereocenters. The summed E-state index contributed by atoms with van der Waals surface area (Å²) in [5.41, 5.74) is 13.7. The molecule has 11 rings (SSSR count). The Kier molecular flexibility index (Phi) is 5.21. The zero-order valence-corrected chi connectivity index (χ0v) is 27.2. The topological polar surface area (TPSA) is 26.3 Å². The maximum absolute atomic E-state index is 6.54. The molecule has 0 spiro atoms. The number of furan rings is 2. The molecule has 0 aliphatic heterocycles. The van der Waals surface area contributed by atoms with Gasteiger partial charge in [-0.25, -0.2) is 0 Å². The van der Waals surface area contributed by atoms with Crippen molar-refractivity contribution in [2.75, 3.05) is 0 Å². The zero-order chi connectivity index (χ0) is 32.4. The van der Waals surface area contributed by atoms with Gasteiger partial charge in [-0.05, 0) is 109 Å². The summed E-state index contributed by atoms with van der Waals surface area (Å²) in [7, 11) is 0. The molecule has 0 fully saturated rings. The van der Waals surface area contributed by atoms with Gasteiger partial charge in [-0.3, -0.25) is 0 Å². The van der Waals surface area contributed by atoms with Gasteiger partial charge in [0, 0.05) is 32.3 Å². The van der Waals surface area contributed by atoms with E-state index in [1.165, 1.54) is 60.5 Å². The highest BCUT2D eigenvalue weighted by atomic mass is 16.3. The van der Waals surface area contributed by atoms with Gasteiger partial charge in [-0.15, -0.1) is 0 Å². The zero-order valence-electron chi connectivity index (χ0n) is 27.2. The number of hydrogen-bond acceptors (Lipinski definition) is 2. The van der Waals surface area contributed by atoms with Gasteiger partial charge in [-0.1, -0.05) is 111 Å². The molecule has 0 bridgehead atoms. The summed E-state index contributed by atoms with van der Waals surface area (Å²) in [6.45, 7) is 4.74. The Balaban J connectivity index is 1.08. The SMILES string of the molecule is CC1(C)c2cc(-c3cccc4oc5c6ccccc6ccc5c34)ccc2-c2cc3c(-c4ccc5c(c4)oc4ccccc45)cccc3cc21. The number of hydrogen-bond donors (Lipinski definition) is 0. The molecule has 2 nitrogen and oxygen atoms in total. The first-order chi connectivity index (χ1) is 24.0. The highest BCUT2D eigenvalue weighted by molar-refractivity contribution is 6.19. The minimum atomic E-state index is -0.152. The van der Waals surface area contributed by atoms with Gasteiger partial charge in [0.25, 0.3) is 0 Å². The molecular weight excluding hydrogens is 597 g/mol. The van der Waals surface area contributed by atoms with Crippen LogP contribution in [0.25, 0.3) is 98.8 Å². The molecule has 1 aliphatic rings. The summed E-state index contributed by atoms with van der Waals surface area (Å²) in [5, 5.41) is 9.49. The van der Waals surface area contributed by atoms with Gasteiger partial charge in [0.1, 0.15) is 22.3 Å². The Hall–Kier alpha value is -6.12. The van der Waals surface area contributed by atoms with Crippen molar-refractivity contribution < 1.29 is 8.83 Å². The van der Waals surface area contributed by atoms with E-state index in [4.69, 9.17) is 8.83 Å². The largest absolute Gasteiger partial charge is 0.456 e. The molecule has 0 saturated carbocycles. The fourth-order valence-electron chi connectivity index (χ4n) is 8.61. The maximum Gasteiger partial charge on any atom is 0.143 e. The summed E-state index contributed by atoms with van der Waals surface area (Å²) >= 11 is 0. The maximum atomic E-state index is 6.54. The first-order valence-corrected chi connectivity index (χ1v) is 17.0. The van der Waals surface area contributed by atoms with Crippen LogP contribution in [0.2, 0.25) is 0 Å². The number of benzene rings is 8. The van der Waals surface area contributed by atoms with Crippen LogP contribution in [0.15, 0.2) is 154 Å². The molecule has 230 valence electrons. The summed E-state index contributed by atoms with van der Waals surface area (Å²) in [6.07, 6.45) is 0. The van der Waals surface area contributed by atoms with Crippen molar-refractivity contribution in [2.24, 2.45) is 0 Å². The molecule has 2 heterocycles. The standard InChI is InChI=1S/C47H30O2/c1-47(2)40-24-29(32-14-8-16-43-45(32)37-22-17-27-9-3-4-11-33(27)46(37)49-43)18-20-34(40)39-26-38-28(23-41(39)47)10-7-13-31(38)30-19-21-36-35-12-5-6-15-42(35)48-44(36)25-30/h3-26H,1-2H3. The third-order valence-electron chi connectivity index (χ3n) is 11.1. The second-order valence-electron chi connectivity index (χ2n) is 14.1. The minimum Gasteiger partial charge on any atom is -0.456 e. The van der Waals surface area contributed by atoms with Crippen LogP contribution in [0, 0.1) is 0 Å². The minimum absolute atomic E-state index is 0.152. The molecule has 10 aromatic rings. The summed E-state index contributed by atoms with van der Waals surface area (Å²) < 4.78 is 12.8. The van der Waals surface area contributed by atoms with Gasteiger partial charge in [0.2, 0.25) is 0 Å². The van der Waals surface area contributed by atoms with E-state index in [0.717, 1.165) is 49.4 Å². The second-order valence-corrected chi connectivity index (χ2v) is 14.1. The van der Waals surface area contributed by atoms with Crippen LogP contribution in [0.3, 0.4) is 0 Å². The van der Waals surface area contributed by atoms with Crippen LogP contribution < -0.4 is 0 Å². The fourth-order valence-corrected chi connectivity index (χ4v) is 8.61. The summed E-state index contributed by atoms with van der Waals surface area (Å²) in [5.74, 6) is 0. The first-order valence-electron chi connectivity index (χ1n) is 17.0. The number of fused-ring (bicyclic) bond motifs is 12. The van der Waals surface area contributed by atoms with Crippen LogP contribution in [0.5, 0.6) is 0 Å². The third-order valence-corrected chi connectivity index (χ3v) is 11.1. The average Bonchev–Trinajstić information content (AvgIpc) is 3.78. The lowest BCUT2D eigenvalue weighted by Crippen LogP contribution is -2.15. The monoisotopic (exact) mass is 626 g/mol. The van der Waals surface area contributed by atoms with Crippen molar-refractivity contribution in [2.45, 2.75) is 19.3 Å². The van der Waals surface area contributed by atoms with Gasteiger partial charge in [0.05, 0.1) is 0 Å². The smallest absolute Gasteiger partial charge is 0.143 e. The predicted molar refractivity (Wildman–Crippen MR) is 204 cm³/mol. The van der Waals surface area contributed by atoms with E-state index in [1.54, 1.807) is 0 Å². The van der Waals surface area contributed by atoms with Crippen molar-refractivity contribution in [3.63, 3.8) is 0 Å². The van der Waals surface area contributed by atoms with E-state index in [0.29, 0.717) is 0 Å². The summed E-state index contributed by atoms with van der Waals surface area (Å²) in [4.78, 5) is 0. The van der Waals surface area contributed by atoms with E-state index >= 15 is 0 Å². The first kappa shape index (κ1) is 26.9. The fraction of sp³-hybridized carbons (Fsp3) is 0.0638. The van der Waals surface area contributed by atoms with Crippen LogP contribution in [0.1, 0.15) is 25.0 Å². The van der Waals surface area contributed by atoms with Crippen molar-refractivity contribution >= 4 is 65.4 Å². The Bertz CT molecular complexity index is 3020. The molecule has 8 aromatic carbocycles. The van der Waals surface area contributed by atoms with E-state index in [1.807, 2.05) is 12.1 Å². The molecule has 0 amide bonds. The van der Waals surface area contributed by atoms with E-state index in [9.17, 15) is 0 Å². The average molecular weight is 627 g/mol. The molecule has 1 aliphatic carbocycles. The van der Waals surface area contributed by atoms with Gasteiger partial charge < -0.3 is 8.83 Å². The van der Waals surface area contributed by atoms with Crippen molar-refractivity contribution in [1.29, 1.82) is 0 Å². The Morgan fingerprint density at radius 2 is 1.08 bits per heavy atom. The lowest BCUT2D eigenvalue weighted by molar-refractivity contribution is 0.661. The van der Waals surface area contributed by atoms with Gasteiger partial charge in [0.15, 0.2) is 0 Å². The highest BCUT2D eigenvalue weighted by Crippen LogP contribution is 2.52. The molecule has 0 atom stereocenters. The van der Waals surface area contributed by atoms with E-state index in [-0.39, 0.29) is 5.41 Å². The predicted octanol–water partition coefficient (Wildman–Crippen LogP) is 13.4. The van der Waals surface area contributed by atoms with Crippen LogP contribution >= 0.6 is 0 Å². The lowest BCUT2D eigenvalue weighted by atomic mass is 9.80. The van der Waals surface area contributed by atoms with Crippen molar-refractivity contribution in [3.05, 3.63) is 157 Å². The molecule has 49 heavy (non-hydrogen) atoms. The lowest BCUT2D eigenvalue weighted by Gasteiger charge is -2.22. The Labute approximate surface area is 282 Å². The Morgan fingerprint density at radius 3 is 2.02 bits per heavy atom. The van der Waals surface area contributed by atoms with Crippen LogP contribution in [0.4, 0.5) is 0 Å². The highest BCUT2D eigenvalue weighted by Gasteiger charge is 2.36. The van der Waals surface area contributed by atoms with Crippen LogP contribution in [-0.2, 0) is 5.41 Å². The molecule has 0 radical (unpaired) electrons. The van der Waals surface area contributed by atoms with Crippen molar-refractivity contribution in [1.82, 2.24) is 0 Å². The quantitative estimate of drug-likeness (QED) is 0.191. The summed E-state index contributed by atoms with van der Waals surface area (Å²) in [6, 6.07) is 52.8. The number of rotatable bonds is 2. The number of para-hydroxylation sites is 1. The van der Waals surface area contributed by atoms with Crippen molar-refractivity contribution in [3.8, 4) is 33.4 Å². The molecule has 0 saturated heterocycles. The Morgan fingerprint density at radius 1 is 0.388 bits per heavy atom. The normalized spacial score (nSPS) is 13.7. The van der Waals surface area contributed by atoms with E-state index in [2.05, 4.69) is 147 Å². The second kappa shape index (κ2) is 9.49. The van der Waals surface area contributed by atoms with Gasteiger partial charge >= 0.3 is 0 Å². The molecule has 2 heteroatoms. The van der Waals surface area contributed by atoms with E-state index < -0.39 is 0 Å². The van der Waals surface area contributed by atoms with Crippen LogP contribution in [-0.4, -0.2) is 0 Å². The third kappa shape index (κ3) is 3.66. The van der Waals surface area contributed by atoms with Gasteiger partial charge in [-0.2, -0.15) is 0 Å². The molecule has 2 aromatic heterocycles. The molecule has 0 N–H and O–H groups in total.